The van der Waals surface area contributed by atoms with E-state index in [4.69, 9.17) is 14.2 Å². The van der Waals surface area contributed by atoms with Crippen LogP contribution in [0.3, 0.4) is 0 Å². The first-order valence-corrected chi connectivity index (χ1v) is 12.8. The zero-order valence-electron chi connectivity index (χ0n) is 19.8. The lowest BCUT2D eigenvalue weighted by Gasteiger charge is -2.19. The van der Waals surface area contributed by atoms with Crippen LogP contribution in [0.25, 0.3) is 11.1 Å². The Kier molecular flexibility index (Phi) is 5.47. The van der Waals surface area contributed by atoms with Crippen molar-refractivity contribution < 1.29 is 22.6 Å². The van der Waals surface area contributed by atoms with Gasteiger partial charge in [-0.25, -0.2) is 13.1 Å². The van der Waals surface area contributed by atoms with Gasteiger partial charge in [0.15, 0.2) is 11.5 Å². The molecule has 1 N–H and O–H groups in total. The number of rotatable bonds is 7. The van der Waals surface area contributed by atoms with E-state index < -0.39 is 10.0 Å². The fraction of sp³-hybridized carbons (Fsp3) is 0.400. The normalized spacial score (nSPS) is 15.4. The summed E-state index contributed by atoms with van der Waals surface area (Å²) in [4.78, 5) is 0.179. The first-order chi connectivity index (χ1) is 16.1. The Morgan fingerprint density at radius 2 is 1.79 bits per heavy atom. The smallest absolute Gasteiger partial charge is 0.263 e. The van der Waals surface area contributed by atoms with Gasteiger partial charge in [-0.2, -0.15) is 0 Å². The summed E-state index contributed by atoms with van der Waals surface area (Å²) in [5, 5.41) is 4.50. The van der Waals surface area contributed by atoms with E-state index in [1.54, 1.807) is 25.2 Å². The van der Waals surface area contributed by atoms with Crippen molar-refractivity contribution in [3.63, 3.8) is 0 Å². The third kappa shape index (κ3) is 4.44. The molecule has 1 aliphatic carbocycles. The number of ether oxygens (including phenoxy) is 3. The first kappa shape index (κ1) is 22.6. The molecule has 3 aromatic rings. The molecule has 1 aliphatic heterocycles. The minimum Gasteiger partial charge on any atom is -0.476 e. The molecule has 1 aromatic heterocycles. The molecule has 2 aromatic carbocycles. The lowest BCUT2D eigenvalue weighted by Crippen LogP contribution is -2.17. The maximum Gasteiger partial charge on any atom is 0.263 e. The monoisotopic (exact) mass is 483 g/mol. The van der Waals surface area contributed by atoms with E-state index in [2.05, 4.69) is 30.6 Å². The van der Waals surface area contributed by atoms with Gasteiger partial charge in [0, 0.05) is 7.05 Å². The molecule has 0 unspecified atom stereocenters. The van der Waals surface area contributed by atoms with Crippen LogP contribution < -0.4 is 18.9 Å². The minimum absolute atomic E-state index is 0.0713. The van der Waals surface area contributed by atoms with Crippen LogP contribution in [0.15, 0.2) is 47.4 Å². The number of hydrogen-bond donors (Lipinski definition) is 1. The molecule has 1 saturated carbocycles. The molecule has 0 saturated heterocycles. The lowest BCUT2D eigenvalue weighted by atomic mass is 9.87. The maximum atomic E-state index is 13.3. The molecule has 2 heterocycles. The topological polar surface area (TPSA) is 91.7 Å². The van der Waals surface area contributed by atoms with E-state index >= 15 is 0 Å². The van der Waals surface area contributed by atoms with Gasteiger partial charge < -0.3 is 14.2 Å². The summed E-state index contributed by atoms with van der Waals surface area (Å²) >= 11 is 0. The molecule has 0 amide bonds. The van der Waals surface area contributed by atoms with Crippen molar-refractivity contribution in [2.45, 2.75) is 43.9 Å². The summed E-state index contributed by atoms with van der Waals surface area (Å²) < 4.78 is 47.9. The SMILES string of the molecule is Cn1nc(OCC2CC2)c(-c2ccc3c(c2)OCO3)c1NS(=O)(=O)c1ccc(C(C)(C)C)cc1. The first-order valence-electron chi connectivity index (χ1n) is 11.3. The van der Waals surface area contributed by atoms with Gasteiger partial charge in [-0.05, 0) is 59.6 Å². The van der Waals surface area contributed by atoms with Crippen LogP contribution in [0.4, 0.5) is 5.82 Å². The van der Waals surface area contributed by atoms with Crippen molar-refractivity contribution >= 4 is 15.8 Å². The summed E-state index contributed by atoms with van der Waals surface area (Å²) in [7, 11) is -2.17. The van der Waals surface area contributed by atoms with E-state index in [0.717, 1.165) is 24.0 Å². The Morgan fingerprint density at radius 1 is 1.09 bits per heavy atom. The number of hydrogen-bond acceptors (Lipinski definition) is 6. The van der Waals surface area contributed by atoms with E-state index in [1.807, 2.05) is 24.3 Å². The molecule has 9 heteroatoms. The summed E-state index contributed by atoms with van der Waals surface area (Å²) in [5.41, 5.74) is 2.28. The number of aromatic nitrogens is 2. The highest BCUT2D eigenvalue weighted by atomic mass is 32.2. The summed E-state index contributed by atoms with van der Waals surface area (Å²) in [6.07, 6.45) is 2.27. The van der Waals surface area contributed by atoms with Crippen LogP contribution in [0.5, 0.6) is 17.4 Å². The number of anilines is 1. The summed E-state index contributed by atoms with van der Waals surface area (Å²) in [6.45, 7) is 6.97. The predicted molar refractivity (Wildman–Crippen MR) is 129 cm³/mol. The van der Waals surface area contributed by atoms with Crippen LogP contribution in [0, 0.1) is 5.92 Å². The highest BCUT2D eigenvalue weighted by molar-refractivity contribution is 7.92. The second-order valence-corrected chi connectivity index (χ2v) is 11.5. The third-order valence-corrected chi connectivity index (χ3v) is 7.45. The standard InChI is InChI=1S/C25H29N3O5S/c1-25(2,3)18-8-10-19(11-9-18)34(29,30)27-23-22(17-7-12-20-21(13-17)33-15-32-20)24(26-28(23)4)31-14-16-5-6-16/h7-13,16,27H,5-6,14-15H2,1-4H3. The van der Waals surface area contributed by atoms with Gasteiger partial charge in [0.1, 0.15) is 5.82 Å². The Bertz CT molecular complexity index is 1320. The van der Waals surface area contributed by atoms with Crippen LogP contribution in [-0.4, -0.2) is 31.6 Å². The van der Waals surface area contributed by atoms with Gasteiger partial charge in [-0.1, -0.05) is 39.0 Å². The molecule has 0 atom stereocenters. The quantitative estimate of drug-likeness (QED) is 0.524. The molecule has 0 radical (unpaired) electrons. The van der Waals surface area contributed by atoms with Crippen molar-refractivity contribution in [1.29, 1.82) is 0 Å². The highest BCUT2D eigenvalue weighted by Gasteiger charge is 2.28. The number of nitrogens with zero attached hydrogens (tertiary/aromatic N) is 2. The average molecular weight is 484 g/mol. The molecule has 34 heavy (non-hydrogen) atoms. The van der Waals surface area contributed by atoms with Crippen molar-refractivity contribution in [3.8, 4) is 28.5 Å². The van der Waals surface area contributed by atoms with Crippen LogP contribution >= 0.6 is 0 Å². The maximum absolute atomic E-state index is 13.3. The number of fused-ring (bicyclic) bond motifs is 1. The second-order valence-electron chi connectivity index (χ2n) is 9.85. The van der Waals surface area contributed by atoms with Gasteiger partial charge in [-0.3, -0.25) is 4.72 Å². The zero-order chi connectivity index (χ0) is 24.1. The molecule has 0 bridgehead atoms. The fourth-order valence-electron chi connectivity index (χ4n) is 3.83. The number of aryl methyl sites for hydroxylation is 1. The highest BCUT2D eigenvalue weighted by Crippen LogP contribution is 2.43. The average Bonchev–Trinajstić information content (AvgIpc) is 3.42. The molecule has 5 rings (SSSR count). The fourth-order valence-corrected chi connectivity index (χ4v) is 4.93. The molecular weight excluding hydrogens is 454 g/mol. The Labute approximate surface area is 199 Å². The summed E-state index contributed by atoms with van der Waals surface area (Å²) in [5.74, 6) is 2.47. The van der Waals surface area contributed by atoms with Crippen molar-refractivity contribution in [3.05, 3.63) is 48.0 Å². The van der Waals surface area contributed by atoms with Gasteiger partial charge in [0.05, 0.1) is 17.1 Å². The van der Waals surface area contributed by atoms with Gasteiger partial charge >= 0.3 is 0 Å². The van der Waals surface area contributed by atoms with E-state index in [-0.39, 0.29) is 17.1 Å². The largest absolute Gasteiger partial charge is 0.476 e. The van der Waals surface area contributed by atoms with Gasteiger partial charge in [-0.15, -0.1) is 5.10 Å². The lowest BCUT2D eigenvalue weighted by molar-refractivity contribution is 0.174. The van der Waals surface area contributed by atoms with Gasteiger partial charge in [0.2, 0.25) is 12.7 Å². The molecule has 0 spiro atoms. The number of nitrogens with one attached hydrogen (secondary N) is 1. The molecule has 2 aliphatic rings. The Hall–Kier alpha value is -3.20. The van der Waals surface area contributed by atoms with E-state index in [1.165, 1.54) is 4.68 Å². The second kappa shape index (κ2) is 8.23. The molecule has 180 valence electrons. The molecule has 1 fully saturated rings. The van der Waals surface area contributed by atoms with Gasteiger partial charge in [0.25, 0.3) is 10.0 Å². The number of benzene rings is 2. The van der Waals surface area contributed by atoms with Crippen molar-refractivity contribution in [2.24, 2.45) is 13.0 Å². The predicted octanol–water partition coefficient (Wildman–Crippen LogP) is 4.70. The molecule has 8 nitrogen and oxygen atoms in total. The van der Waals surface area contributed by atoms with Crippen molar-refractivity contribution in [2.75, 3.05) is 18.1 Å². The van der Waals surface area contributed by atoms with Crippen LogP contribution in [0.1, 0.15) is 39.2 Å². The van der Waals surface area contributed by atoms with Crippen LogP contribution in [-0.2, 0) is 22.5 Å². The third-order valence-electron chi connectivity index (χ3n) is 6.09. The Morgan fingerprint density at radius 3 is 2.47 bits per heavy atom. The number of sulfonamides is 1. The zero-order valence-corrected chi connectivity index (χ0v) is 20.6. The van der Waals surface area contributed by atoms with E-state index in [0.29, 0.717) is 41.3 Å². The summed E-state index contributed by atoms with van der Waals surface area (Å²) in [6, 6.07) is 12.4. The minimum atomic E-state index is -3.87. The molecular formula is C25H29N3O5S. The van der Waals surface area contributed by atoms with E-state index in [9.17, 15) is 8.42 Å². The van der Waals surface area contributed by atoms with Crippen molar-refractivity contribution in [1.82, 2.24) is 9.78 Å². The Balaban J connectivity index is 1.52. The van der Waals surface area contributed by atoms with Crippen LogP contribution in [0.2, 0.25) is 0 Å².